The predicted molar refractivity (Wildman–Crippen MR) is 93.4 cm³/mol. The molecule has 5 heteroatoms. The van der Waals surface area contributed by atoms with Gasteiger partial charge in [0.15, 0.2) is 0 Å². The monoisotopic (exact) mass is 340 g/mol. The van der Waals surface area contributed by atoms with Crippen molar-refractivity contribution in [1.82, 2.24) is 4.90 Å². The number of nitrogens with one attached hydrogen (secondary N) is 1. The van der Waals surface area contributed by atoms with Gasteiger partial charge >= 0.3 is 0 Å². The van der Waals surface area contributed by atoms with E-state index in [1.165, 1.54) is 0 Å². The number of anilines is 1. The largest absolute Gasteiger partial charge is 0.334 e. The van der Waals surface area contributed by atoms with Gasteiger partial charge in [0.05, 0.1) is 6.42 Å². The smallest absolute Gasteiger partial charge is 0.254 e. The highest BCUT2D eigenvalue weighted by Gasteiger charge is 2.26. The second kappa shape index (κ2) is 5.64. The molecule has 0 aliphatic carbocycles. The Balaban J connectivity index is 1.64. The van der Waals surface area contributed by atoms with Crippen LogP contribution >= 0.6 is 11.6 Å². The molecule has 2 heterocycles. The lowest BCUT2D eigenvalue weighted by Crippen LogP contribution is -2.36. The number of benzene rings is 2. The SMILES string of the molecule is Cc1cc2c(cc1C(=O)N1CCc3c(Cl)cccc3C1)NC(=O)C2. The molecule has 0 aromatic heterocycles. The van der Waals surface area contributed by atoms with E-state index in [0.29, 0.717) is 25.1 Å². The van der Waals surface area contributed by atoms with Gasteiger partial charge in [-0.3, -0.25) is 9.59 Å². The molecule has 0 atom stereocenters. The number of carbonyl (C=O) groups excluding carboxylic acids is 2. The molecule has 0 saturated heterocycles. The molecule has 2 aromatic carbocycles. The van der Waals surface area contributed by atoms with Crippen LogP contribution in [0.3, 0.4) is 0 Å². The summed E-state index contributed by atoms with van der Waals surface area (Å²) in [4.78, 5) is 26.4. The van der Waals surface area contributed by atoms with Crippen molar-refractivity contribution in [3.05, 3.63) is 63.2 Å². The third-order valence-corrected chi connectivity index (χ3v) is 5.16. The Morgan fingerprint density at radius 1 is 1.25 bits per heavy atom. The number of nitrogens with zero attached hydrogens (tertiary/aromatic N) is 1. The van der Waals surface area contributed by atoms with Gasteiger partial charge in [0, 0.05) is 29.4 Å². The topological polar surface area (TPSA) is 49.4 Å². The molecule has 2 aliphatic rings. The minimum absolute atomic E-state index is 0.00192. The molecule has 4 rings (SSSR count). The lowest BCUT2D eigenvalue weighted by molar-refractivity contribution is -0.115. The van der Waals surface area contributed by atoms with Crippen LogP contribution in [0.5, 0.6) is 0 Å². The molecule has 24 heavy (non-hydrogen) atoms. The first-order valence-electron chi connectivity index (χ1n) is 8.02. The van der Waals surface area contributed by atoms with Gasteiger partial charge in [-0.05, 0) is 47.7 Å². The summed E-state index contributed by atoms with van der Waals surface area (Å²) in [5, 5.41) is 3.59. The van der Waals surface area contributed by atoms with Crippen LogP contribution in [0.15, 0.2) is 30.3 Å². The van der Waals surface area contributed by atoms with Gasteiger partial charge in [0.1, 0.15) is 0 Å². The van der Waals surface area contributed by atoms with Crippen LogP contribution in [0.2, 0.25) is 5.02 Å². The summed E-state index contributed by atoms with van der Waals surface area (Å²) < 4.78 is 0. The number of rotatable bonds is 1. The summed E-state index contributed by atoms with van der Waals surface area (Å²) in [6.45, 7) is 3.14. The fourth-order valence-electron chi connectivity index (χ4n) is 3.53. The van der Waals surface area contributed by atoms with Crippen LogP contribution in [0.1, 0.15) is 32.6 Å². The number of carbonyl (C=O) groups is 2. The van der Waals surface area contributed by atoms with Gasteiger partial charge in [-0.1, -0.05) is 29.8 Å². The van der Waals surface area contributed by atoms with E-state index >= 15 is 0 Å². The summed E-state index contributed by atoms with van der Waals surface area (Å²) in [5.41, 5.74) is 5.53. The van der Waals surface area contributed by atoms with Gasteiger partial charge in [0.2, 0.25) is 5.91 Å². The summed E-state index contributed by atoms with van der Waals surface area (Å²) in [6.07, 6.45) is 1.15. The van der Waals surface area contributed by atoms with E-state index < -0.39 is 0 Å². The number of amides is 2. The molecule has 4 nitrogen and oxygen atoms in total. The fraction of sp³-hybridized carbons (Fsp3) is 0.263. The second-order valence-corrected chi connectivity index (χ2v) is 6.81. The van der Waals surface area contributed by atoms with Crippen molar-refractivity contribution in [3.63, 3.8) is 0 Å². The fourth-order valence-corrected chi connectivity index (χ4v) is 3.82. The molecule has 2 amide bonds. The van der Waals surface area contributed by atoms with Crippen LogP contribution in [0, 0.1) is 6.92 Å². The van der Waals surface area contributed by atoms with Crippen LogP contribution in [0.4, 0.5) is 5.69 Å². The van der Waals surface area contributed by atoms with E-state index in [1.807, 2.05) is 42.2 Å². The van der Waals surface area contributed by atoms with Gasteiger partial charge in [-0.15, -0.1) is 0 Å². The zero-order valence-corrected chi connectivity index (χ0v) is 14.1. The molecule has 0 bridgehead atoms. The Kier molecular flexibility index (Phi) is 3.57. The van der Waals surface area contributed by atoms with Gasteiger partial charge in [-0.25, -0.2) is 0 Å². The van der Waals surface area contributed by atoms with Crippen LogP contribution < -0.4 is 5.32 Å². The second-order valence-electron chi connectivity index (χ2n) is 6.40. The zero-order valence-electron chi connectivity index (χ0n) is 13.4. The molecular weight excluding hydrogens is 324 g/mol. The van der Waals surface area contributed by atoms with Crippen molar-refractivity contribution in [2.45, 2.75) is 26.3 Å². The number of hydrogen-bond donors (Lipinski definition) is 1. The van der Waals surface area contributed by atoms with E-state index in [1.54, 1.807) is 0 Å². The number of aryl methyl sites for hydroxylation is 1. The summed E-state index contributed by atoms with van der Waals surface area (Å²) in [6, 6.07) is 9.59. The predicted octanol–water partition coefficient (Wildman–Crippen LogP) is 3.34. The Morgan fingerprint density at radius 2 is 2.08 bits per heavy atom. The third-order valence-electron chi connectivity index (χ3n) is 4.80. The first-order valence-corrected chi connectivity index (χ1v) is 8.39. The Bertz CT molecular complexity index is 876. The summed E-state index contributed by atoms with van der Waals surface area (Å²) in [7, 11) is 0. The molecule has 0 unspecified atom stereocenters. The molecule has 1 N–H and O–H groups in total. The first kappa shape index (κ1) is 15.2. The molecule has 0 fully saturated rings. The van der Waals surface area contributed by atoms with Crippen molar-refractivity contribution in [2.75, 3.05) is 11.9 Å². The molecular formula is C19H17ClN2O2. The average molecular weight is 341 g/mol. The Morgan fingerprint density at radius 3 is 2.92 bits per heavy atom. The van der Waals surface area contributed by atoms with Crippen LogP contribution in [-0.2, 0) is 24.2 Å². The summed E-state index contributed by atoms with van der Waals surface area (Å²) >= 11 is 6.25. The van der Waals surface area contributed by atoms with E-state index in [9.17, 15) is 9.59 Å². The van der Waals surface area contributed by atoms with E-state index in [2.05, 4.69) is 5.32 Å². The van der Waals surface area contributed by atoms with Crippen molar-refractivity contribution < 1.29 is 9.59 Å². The van der Waals surface area contributed by atoms with Gasteiger partial charge in [0.25, 0.3) is 5.91 Å². The lowest BCUT2D eigenvalue weighted by Gasteiger charge is -2.30. The van der Waals surface area contributed by atoms with E-state index in [4.69, 9.17) is 11.6 Å². The maximum absolute atomic E-state index is 13.0. The van der Waals surface area contributed by atoms with Crippen molar-refractivity contribution in [1.29, 1.82) is 0 Å². The van der Waals surface area contributed by atoms with Gasteiger partial charge < -0.3 is 10.2 Å². The van der Waals surface area contributed by atoms with Crippen molar-refractivity contribution in [2.24, 2.45) is 0 Å². The maximum atomic E-state index is 13.0. The minimum atomic E-state index is -0.0180. The highest BCUT2D eigenvalue weighted by atomic mass is 35.5. The molecule has 2 aliphatic heterocycles. The standard InChI is InChI=1S/C19H17ClN2O2/c1-11-7-13-8-18(23)21-17(13)9-15(11)19(24)22-6-5-14-12(10-22)3-2-4-16(14)20/h2-4,7,9H,5-6,8,10H2,1H3,(H,21,23). The Hall–Kier alpha value is -2.33. The van der Waals surface area contributed by atoms with Crippen molar-refractivity contribution >= 4 is 29.1 Å². The van der Waals surface area contributed by atoms with E-state index in [0.717, 1.165) is 39.4 Å². The minimum Gasteiger partial charge on any atom is -0.334 e. The number of hydrogen-bond acceptors (Lipinski definition) is 2. The average Bonchev–Trinajstić information content (AvgIpc) is 2.92. The maximum Gasteiger partial charge on any atom is 0.254 e. The zero-order chi connectivity index (χ0) is 16.8. The summed E-state index contributed by atoms with van der Waals surface area (Å²) in [5.74, 6) is -0.0161. The molecule has 122 valence electrons. The quantitative estimate of drug-likeness (QED) is 0.865. The first-order chi connectivity index (χ1) is 11.5. The van der Waals surface area contributed by atoms with Crippen LogP contribution in [0.25, 0.3) is 0 Å². The van der Waals surface area contributed by atoms with E-state index in [-0.39, 0.29) is 11.8 Å². The third kappa shape index (κ3) is 2.47. The highest BCUT2D eigenvalue weighted by Crippen LogP contribution is 2.30. The normalized spacial score (nSPS) is 15.8. The Labute approximate surface area is 145 Å². The number of fused-ring (bicyclic) bond motifs is 2. The molecule has 0 spiro atoms. The molecule has 0 radical (unpaired) electrons. The van der Waals surface area contributed by atoms with Crippen LogP contribution in [-0.4, -0.2) is 23.3 Å². The molecule has 2 aromatic rings. The van der Waals surface area contributed by atoms with Crippen molar-refractivity contribution in [3.8, 4) is 0 Å². The number of halogens is 1. The highest BCUT2D eigenvalue weighted by molar-refractivity contribution is 6.31. The van der Waals surface area contributed by atoms with Gasteiger partial charge in [-0.2, -0.15) is 0 Å². The molecule has 0 saturated carbocycles. The lowest BCUT2D eigenvalue weighted by atomic mass is 9.97.